The predicted molar refractivity (Wildman–Crippen MR) is 104 cm³/mol. The molecule has 26 heavy (non-hydrogen) atoms. The molecule has 2 aromatic rings. The fraction of sp³-hybridized carbons (Fsp3) is 0.333. The van der Waals surface area contributed by atoms with Crippen LogP contribution in [0.5, 0.6) is 0 Å². The minimum atomic E-state index is -0.686. The van der Waals surface area contributed by atoms with Crippen LogP contribution in [0.3, 0.4) is 0 Å². The Kier molecular flexibility index (Phi) is 7.21. The first-order chi connectivity index (χ1) is 12.5. The van der Waals surface area contributed by atoms with Crippen LogP contribution in [0.1, 0.15) is 37.4 Å². The molecule has 138 valence electrons. The van der Waals surface area contributed by atoms with Gasteiger partial charge in [-0.05, 0) is 35.6 Å². The standard InChI is InChI=1S/C21H27N3O2/c1-15(2)14-19(25)24-20(17-6-4-3-5-7-17)21(26)23-13-12-16-8-10-18(22)11-9-16/h3-11,15,20H,12-14,22H2,1-2H3,(H,23,26)(H,24,25). The molecule has 0 spiro atoms. The number of carbonyl (C=O) groups excluding carboxylic acids is 2. The van der Waals surface area contributed by atoms with Crippen LogP contribution in [0, 0.1) is 5.92 Å². The first-order valence-corrected chi connectivity index (χ1v) is 8.92. The molecule has 5 heteroatoms. The van der Waals surface area contributed by atoms with Gasteiger partial charge in [0.15, 0.2) is 0 Å². The fourth-order valence-corrected chi connectivity index (χ4v) is 2.65. The molecular formula is C21H27N3O2. The Labute approximate surface area is 155 Å². The number of nitrogens with two attached hydrogens (primary N) is 1. The van der Waals surface area contributed by atoms with Crippen molar-refractivity contribution in [2.24, 2.45) is 5.92 Å². The van der Waals surface area contributed by atoms with Crippen molar-refractivity contribution in [3.8, 4) is 0 Å². The summed E-state index contributed by atoms with van der Waals surface area (Å²) in [5.41, 5.74) is 8.27. The summed E-state index contributed by atoms with van der Waals surface area (Å²) >= 11 is 0. The number of nitrogens with one attached hydrogen (secondary N) is 2. The highest BCUT2D eigenvalue weighted by molar-refractivity contribution is 5.88. The fourth-order valence-electron chi connectivity index (χ4n) is 2.65. The summed E-state index contributed by atoms with van der Waals surface area (Å²) in [6, 6.07) is 16.2. The molecule has 2 aromatic carbocycles. The van der Waals surface area contributed by atoms with Gasteiger partial charge >= 0.3 is 0 Å². The van der Waals surface area contributed by atoms with Gasteiger partial charge in [0.2, 0.25) is 11.8 Å². The Morgan fingerprint density at radius 3 is 2.27 bits per heavy atom. The summed E-state index contributed by atoms with van der Waals surface area (Å²) in [4.78, 5) is 24.8. The Morgan fingerprint density at radius 1 is 1.00 bits per heavy atom. The molecule has 0 bridgehead atoms. The second-order valence-corrected chi connectivity index (χ2v) is 6.79. The van der Waals surface area contributed by atoms with Crippen molar-refractivity contribution in [2.75, 3.05) is 12.3 Å². The first kappa shape index (κ1) is 19.5. The molecule has 1 unspecified atom stereocenters. The van der Waals surface area contributed by atoms with Gasteiger partial charge in [-0.2, -0.15) is 0 Å². The largest absolute Gasteiger partial charge is 0.399 e. The summed E-state index contributed by atoms with van der Waals surface area (Å²) in [5.74, 6) is -0.0914. The van der Waals surface area contributed by atoms with Crippen LogP contribution in [0.25, 0.3) is 0 Å². The molecule has 0 aromatic heterocycles. The molecule has 0 saturated heterocycles. The molecule has 0 fully saturated rings. The highest BCUT2D eigenvalue weighted by Crippen LogP contribution is 2.14. The van der Waals surface area contributed by atoms with Crippen molar-refractivity contribution in [3.05, 3.63) is 65.7 Å². The van der Waals surface area contributed by atoms with Gasteiger partial charge in [-0.25, -0.2) is 0 Å². The molecule has 1 atom stereocenters. The van der Waals surface area contributed by atoms with Crippen LogP contribution >= 0.6 is 0 Å². The highest BCUT2D eigenvalue weighted by atomic mass is 16.2. The van der Waals surface area contributed by atoms with E-state index < -0.39 is 6.04 Å². The number of anilines is 1. The molecule has 0 aliphatic heterocycles. The van der Waals surface area contributed by atoms with Gasteiger partial charge in [-0.3, -0.25) is 9.59 Å². The second kappa shape index (κ2) is 9.61. The van der Waals surface area contributed by atoms with E-state index in [0.29, 0.717) is 19.4 Å². The SMILES string of the molecule is CC(C)CC(=O)NC(C(=O)NCCc1ccc(N)cc1)c1ccccc1. The van der Waals surface area contributed by atoms with Crippen molar-refractivity contribution in [2.45, 2.75) is 32.7 Å². The maximum absolute atomic E-state index is 12.7. The van der Waals surface area contributed by atoms with Gasteiger partial charge in [0.1, 0.15) is 6.04 Å². The third kappa shape index (κ3) is 6.24. The zero-order chi connectivity index (χ0) is 18.9. The van der Waals surface area contributed by atoms with Gasteiger partial charge in [0, 0.05) is 18.7 Å². The van der Waals surface area contributed by atoms with E-state index >= 15 is 0 Å². The number of hydrogen-bond acceptors (Lipinski definition) is 3. The van der Waals surface area contributed by atoms with Crippen molar-refractivity contribution in [1.29, 1.82) is 0 Å². The van der Waals surface area contributed by atoms with Crippen molar-refractivity contribution >= 4 is 17.5 Å². The van der Waals surface area contributed by atoms with Crippen LogP contribution < -0.4 is 16.4 Å². The van der Waals surface area contributed by atoms with Gasteiger partial charge < -0.3 is 16.4 Å². The lowest BCUT2D eigenvalue weighted by Gasteiger charge is -2.19. The first-order valence-electron chi connectivity index (χ1n) is 8.92. The molecule has 2 amide bonds. The molecule has 0 aliphatic carbocycles. The van der Waals surface area contributed by atoms with Gasteiger partial charge in [-0.15, -0.1) is 0 Å². The van der Waals surface area contributed by atoms with E-state index in [0.717, 1.165) is 16.8 Å². The normalized spacial score (nSPS) is 11.8. The number of hydrogen-bond donors (Lipinski definition) is 3. The number of carbonyl (C=O) groups is 2. The van der Waals surface area contributed by atoms with Crippen LogP contribution in [-0.4, -0.2) is 18.4 Å². The van der Waals surface area contributed by atoms with E-state index in [2.05, 4.69) is 10.6 Å². The molecular weight excluding hydrogens is 326 g/mol. The van der Waals surface area contributed by atoms with Crippen molar-refractivity contribution in [1.82, 2.24) is 10.6 Å². The smallest absolute Gasteiger partial charge is 0.247 e. The zero-order valence-electron chi connectivity index (χ0n) is 15.4. The number of amides is 2. The number of benzene rings is 2. The van der Waals surface area contributed by atoms with Crippen molar-refractivity contribution in [3.63, 3.8) is 0 Å². The average Bonchev–Trinajstić information content (AvgIpc) is 2.61. The van der Waals surface area contributed by atoms with E-state index in [4.69, 9.17) is 5.73 Å². The monoisotopic (exact) mass is 353 g/mol. The minimum Gasteiger partial charge on any atom is -0.399 e. The van der Waals surface area contributed by atoms with E-state index in [1.165, 1.54) is 0 Å². The minimum absolute atomic E-state index is 0.123. The Balaban J connectivity index is 1.98. The van der Waals surface area contributed by atoms with Gasteiger partial charge in [0.05, 0.1) is 0 Å². The van der Waals surface area contributed by atoms with Gasteiger partial charge in [-0.1, -0.05) is 56.3 Å². The summed E-state index contributed by atoms with van der Waals surface area (Å²) in [6.07, 6.45) is 1.09. The average molecular weight is 353 g/mol. The summed E-state index contributed by atoms with van der Waals surface area (Å²) in [6.45, 7) is 4.44. The lowest BCUT2D eigenvalue weighted by atomic mass is 10.0. The van der Waals surface area contributed by atoms with E-state index in [1.807, 2.05) is 68.4 Å². The Hall–Kier alpha value is -2.82. The molecule has 0 saturated carbocycles. The zero-order valence-corrected chi connectivity index (χ0v) is 15.4. The molecule has 5 nitrogen and oxygen atoms in total. The maximum Gasteiger partial charge on any atom is 0.247 e. The quantitative estimate of drug-likeness (QED) is 0.638. The maximum atomic E-state index is 12.7. The molecule has 0 heterocycles. The van der Waals surface area contributed by atoms with E-state index in [-0.39, 0.29) is 17.7 Å². The second-order valence-electron chi connectivity index (χ2n) is 6.79. The Morgan fingerprint density at radius 2 is 1.65 bits per heavy atom. The van der Waals surface area contributed by atoms with E-state index in [1.54, 1.807) is 0 Å². The summed E-state index contributed by atoms with van der Waals surface area (Å²) < 4.78 is 0. The predicted octanol–water partition coefficient (Wildman–Crippen LogP) is 2.83. The number of rotatable bonds is 8. The lowest BCUT2D eigenvalue weighted by molar-refractivity contribution is -0.129. The molecule has 2 rings (SSSR count). The Bertz CT molecular complexity index is 712. The highest BCUT2D eigenvalue weighted by Gasteiger charge is 2.22. The lowest BCUT2D eigenvalue weighted by Crippen LogP contribution is -2.41. The number of nitrogen functional groups attached to an aromatic ring is 1. The molecule has 0 radical (unpaired) electrons. The summed E-state index contributed by atoms with van der Waals surface area (Å²) in [7, 11) is 0. The summed E-state index contributed by atoms with van der Waals surface area (Å²) in [5, 5.41) is 5.77. The van der Waals surface area contributed by atoms with Crippen LogP contribution in [0.4, 0.5) is 5.69 Å². The third-order valence-electron chi connectivity index (χ3n) is 3.99. The van der Waals surface area contributed by atoms with Gasteiger partial charge in [0.25, 0.3) is 0 Å². The van der Waals surface area contributed by atoms with Crippen LogP contribution in [0.15, 0.2) is 54.6 Å². The van der Waals surface area contributed by atoms with E-state index in [9.17, 15) is 9.59 Å². The van der Waals surface area contributed by atoms with Crippen LogP contribution in [0.2, 0.25) is 0 Å². The van der Waals surface area contributed by atoms with Crippen LogP contribution in [-0.2, 0) is 16.0 Å². The van der Waals surface area contributed by atoms with Crippen molar-refractivity contribution < 1.29 is 9.59 Å². The molecule has 0 aliphatic rings. The topological polar surface area (TPSA) is 84.2 Å². The third-order valence-corrected chi connectivity index (χ3v) is 3.99. The molecule has 4 N–H and O–H groups in total.